The predicted octanol–water partition coefficient (Wildman–Crippen LogP) is 3.90. The number of nitrogens with zero attached hydrogens (tertiary/aromatic N) is 1. The van der Waals surface area contributed by atoms with Gasteiger partial charge in [-0.05, 0) is 12.1 Å². The summed E-state index contributed by atoms with van der Waals surface area (Å²) in [5.74, 6) is 0.424. The minimum Gasteiger partial charge on any atom is -0.493 e. The molecule has 158 valence electrons. The van der Waals surface area contributed by atoms with Crippen molar-refractivity contribution in [2.75, 3.05) is 19.5 Å². The first-order valence-corrected chi connectivity index (χ1v) is 9.16. The van der Waals surface area contributed by atoms with Crippen molar-refractivity contribution in [3.8, 4) is 23.0 Å². The molecule has 0 unspecified atom stereocenters. The largest absolute Gasteiger partial charge is 0.493 e. The van der Waals surface area contributed by atoms with Gasteiger partial charge in [0.2, 0.25) is 11.7 Å². The Kier molecular flexibility index (Phi) is 6.41. The van der Waals surface area contributed by atoms with Crippen LogP contribution in [0.1, 0.15) is 29.9 Å². The van der Waals surface area contributed by atoms with Gasteiger partial charge >= 0.3 is 5.97 Å². The number of rotatable bonds is 8. The van der Waals surface area contributed by atoms with E-state index in [-0.39, 0.29) is 29.7 Å². The number of aromatic nitrogens is 1. The average molecular weight is 414 g/mol. The van der Waals surface area contributed by atoms with Gasteiger partial charge in [0, 0.05) is 24.1 Å². The molecule has 3 rings (SSSR count). The summed E-state index contributed by atoms with van der Waals surface area (Å²) in [6.45, 7) is 3.36. The second-order valence-electron chi connectivity index (χ2n) is 6.63. The van der Waals surface area contributed by atoms with E-state index in [0.717, 1.165) is 0 Å². The van der Waals surface area contributed by atoms with Crippen molar-refractivity contribution in [3.63, 3.8) is 0 Å². The lowest BCUT2D eigenvalue weighted by molar-refractivity contribution is -0.118. The van der Waals surface area contributed by atoms with Gasteiger partial charge in [0.1, 0.15) is 12.3 Å². The van der Waals surface area contributed by atoms with Crippen LogP contribution in [0, 0.1) is 5.92 Å². The van der Waals surface area contributed by atoms with Crippen LogP contribution in [-0.2, 0) is 16.1 Å². The van der Waals surface area contributed by atoms with Crippen molar-refractivity contribution in [2.24, 2.45) is 5.92 Å². The Morgan fingerprint density at radius 2 is 1.83 bits per heavy atom. The predicted molar refractivity (Wildman–Crippen MR) is 106 cm³/mol. The van der Waals surface area contributed by atoms with E-state index in [9.17, 15) is 9.59 Å². The number of hydrogen-bond acceptors (Lipinski definition) is 8. The summed E-state index contributed by atoms with van der Waals surface area (Å²) in [5, 5.41) is 6.58. The van der Waals surface area contributed by atoms with Crippen molar-refractivity contribution in [2.45, 2.75) is 20.5 Å². The highest BCUT2D eigenvalue weighted by Gasteiger charge is 2.21. The molecule has 0 saturated carbocycles. The summed E-state index contributed by atoms with van der Waals surface area (Å²) < 4.78 is 26.3. The molecule has 0 radical (unpaired) electrons. The molecule has 0 atom stereocenters. The number of nitrogens with one attached hydrogen (secondary N) is 1. The summed E-state index contributed by atoms with van der Waals surface area (Å²) >= 11 is 0. The van der Waals surface area contributed by atoms with Crippen LogP contribution in [-0.4, -0.2) is 31.3 Å². The Bertz CT molecular complexity index is 1020. The fraction of sp³-hybridized carbons (Fsp3) is 0.286. The topological polar surface area (TPSA) is 113 Å². The normalized spacial score (nSPS) is 10.7. The lowest BCUT2D eigenvalue weighted by Gasteiger charge is -2.16. The quantitative estimate of drug-likeness (QED) is 0.552. The van der Waals surface area contributed by atoms with Crippen LogP contribution >= 0.6 is 0 Å². The van der Waals surface area contributed by atoms with E-state index >= 15 is 0 Å². The molecular formula is C21H22N2O7. The Labute approximate surface area is 172 Å². The molecule has 9 heteroatoms. The number of amides is 1. The van der Waals surface area contributed by atoms with Gasteiger partial charge in [-0.3, -0.25) is 4.79 Å². The van der Waals surface area contributed by atoms with Crippen LogP contribution in [0.3, 0.4) is 0 Å². The number of carbonyl (C=O) groups is 2. The highest BCUT2D eigenvalue weighted by molar-refractivity contribution is 6.02. The standard InChI is InChI=1S/C21H22N2O7/c1-12(2)20(24)22-15-10-18(27-4)17(26-3)9-14(15)21(25)29-11-13-8-19(30-23-13)16-6-5-7-28-16/h5-10,12H,11H2,1-4H3,(H,22,24). The van der Waals surface area contributed by atoms with Crippen LogP contribution in [0.25, 0.3) is 11.5 Å². The summed E-state index contributed by atoms with van der Waals surface area (Å²) in [5.41, 5.74) is 0.784. The molecule has 0 aliphatic rings. The zero-order valence-corrected chi connectivity index (χ0v) is 17.1. The lowest BCUT2D eigenvalue weighted by atomic mass is 10.1. The Morgan fingerprint density at radius 1 is 1.10 bits per heavy atom. The minimum absolute atomic E-state index is 0.122. The van der Waals surface area contributed by atoms with Gasteiger partial charge in [0.15, 0.2) is 17.3 Å². The van der Waals surface area contributed by atoms with Crippen LogP contribution in [0.15, 0.2) is 45.5 Å². The molecule has 0 spiro atoms. The second-order valence-corrected chi connectivity index (χ2v) is 6.63. The number of ether oxygens (including phenoxy) is 3. The van der Waals surface area contributed by atoms with Crippen LogP contribution < -0.4 is 14.8 Å². The van der Waals surface area contributed by atoms with E-state index in [4.69, 9.17) is 23.2 Å². The van der Waals surface area contributed by atoms with Crippen molar-refractivity contribution in [1.82, 2.24) is 5.16 Å². The second kappa shape index (κ2) is 9.17. The highest BCUT2D eigenvalue weighted by atomic mass is 16.5. The number of carbonyl (C=O) groups excluding carboxylic acids is 2. The van der Waals surface area contributed by atoms with E-state index in [2.05, 4.69) is 10.5 Å². The molecule has 0 aliphatic heterocycles. The number of furan rings is 1. The maximum Gasteiger partial charge on any atom is 0.340 e. The van der Waals surface area contributed by atoms with Gasteiger partial charge in [0.25, 0.3) is 0 Å². The van der Waals surface area contributed by atoms with E-state index in [0.29, 0.717) is 28.7 Å². The van der Waals surface area contributed by atoms with Gasteiger partial charge in [-0.15, -0.1) is 0 Å². The van der Waals surface area contributed by atoms with Crippen LogP contribution in [0.5, 0.6) is 11.5 Å². The Morgan fingerprint density at radius 3 is 2.47 bits per heavy atom. The highest BCUT2D eigenvalue weighted by Crippen LogP contribution is 2.34. The summed E-state index contributed by atoms with van der Waals surface area (Å²) in [6, 6.07) is 8.03. The molecule has 3 aromatic rings. The SMILES string of the molecule is COc1cc(NC(=O)C(C)C)c(C(=O)OCc2cc(-c3ccco3)on2)cc1OC. The molecule has 0 fully saturated rings. The number of esters is 1. The summed E-state index contributed by atoms with van der Waals surface area (Å²) in [4.78, 5) is 24.9. The molecule has 0 saturated heterocycles. The van der Waals surface area contributed by atoms with Gasteiger partial charge < -0.3 is 28.5 Å². The fourth-order valence-corrected chi connectivity index (χ4v) is 2.56. The lowest BCUT2D eigenvalue weighted by Crippen LogP contribution is -2.20. The molecular weight excluding hydrogens is 392 g/mol. The molecule has 1 aromatic carbocycles. The molecule has 0 bridgehead atoms. The number of benzene rings is 1. The molecule has 1 N–H and O–H groups in total. The van der Waals surface area contributed by atoms with E-state index in [1.165, 1.54) is 32.6 Å². The third kappa shape index (κ3) is 4.62. The molecule has 30 heavy (non-hydrogen) atoms. The van der Waals surface area contributed by atoms with Gasteiger partial charge in [-0.2, -0.15) is 0 Å². The molecule has 0 aliphatic carbocycles. The van der Waals surface area contributed by atoms with E-state index < -0.39 is 5.97 Å². The molecule has 9 nitrogen and oxygen atoms in total. The Hall–Kier alpha value is -3.75. The third-order valence-corrected chi connectivity index (χ3v) is 4.20. The van der Waals surface area contributed by atoms with Crippen LogP contribution in [0.4, 0.5) is 5.69 Å². The van der Waals surface area contributed by atoms with Crippen molar-refractivity contribution < 1.29 is 32.7 Å². The number of methoxy groups -OCH3 is 2. The van der Waals surface area contributed by atoms with E-state index in [1.807, 2.05) is 0 Å². The monoisotopic (exact) mass is 414 g/mol. The number of hydrogen-bond donors (Lipinski definition) is 1. The molecule has 2 aromatic heterocycles. The maximum absolute atomic E-state index is 12.7. The third-order valence-electron chi connectivity index (χ3n) is 4.20. The van der Waals surface area contributed by atoms with E-state index in [1.54, 1.807) is 32.0 Å². The number of anilines is 1. The maximum atomic E-state index is 12.7. The summed E-state index contributed by atoms with van der Waals surface area (Å²) in [7, 11) is 2.91. The van der Waals surface area contributed by atoms with Crippen molar-refractivity contribution in [3.05, 3.63) is 47.9 Å². The van der Waals surface area contributed by atoms with Crippen LogP contribution in [0.2, 0.25) is 0 Å². The fourth-order valence-electron chi connectivity index (χ4n) is 2.56. The Balaban J connectivity index is 1.80. The molecule has 1 amide bonds. The first-order valence-electron chi connectivity index (χ1n) is 9.16. The molecule has 2 heterocycles. The minimum atomic E-state index is -0.669. The van der Waals surface area contributed by atoms with Crippen molar-refractivity contribution >= 4 is 17.6 Å². The first kappa shape index (κ1) is 21.0. The first-order chi connectivity index (χ1) is 14.4. The smallest absolute Gasteiger partial charge is 0.340 e. The van der Waals surface area contributed by atoms with Gasteiger partial charge in [-0.25, -0.2) is 4.79 Å². The zero-order chi connectivity index (χ0) is 21.7. The van der Waals surface area contributed by atoms with Crippen molar-refractivity contribution in [1.29, 1.82) is 0 Å². The zero-order valence-electron chi connectivity index (χ0n) is 17.1. The average Bonchev–Trinajstić information content (AvgIpc) is 3.43. The van der Waals surface area contributed by atoms with Gasteiger partial charge in [0.05, 0.1) is 31.7 Å². The summed E-state index contributed by atoms with van der Waals surface area (Å²) in [6.07, 6.45) is 1.52. The van der Waals surface area contributed by atoms with Gasteiger partial charge in [-0.1, -0.05) is 19.0 Å².